The molecule has 5 nitrogen and oxygen atoms in total. The number of nitrogens with one attached hydrogen (secondary N) is 2. The third kappa shape index (κ3) is 9.73. The summed E-state index contributed by atoms with van der Waals surface area (Å²) in [7, 11) is 4.04. The van der Waals surface area contributed by atoms with Gasteiger partial charge in [0.15, 0.2) is 0 Å². The van der Waals surface area contributed by atoms with Gasteiger partial charge in [0, 0.05) is 6.04 Å². The first-order chi connectivity index (χ1) is 7.20. The molecule has 16 heavy (non-hydrogen) atoms. The highest BCUT2D eigenvalue weighted by Gasteiger charge is 2.16. The minimum absolute atomic E-state index is 0.218. The van der Waals surface area contributed by atoms with Gasteiger partial charge in [-0.2, -0.15) is 0 Å². The second-order valence-electron chi connectivity index (χ2n) is 5.26. The van der Waals surface area contributed by atoms with E-state index in [-0.39, 0.29) is 6.04 Å². The second kappa shape index (κ2) is 6.70. The van der Waals surface area contributed by atoms with Gasteiger partial charge in [-0.15, -0.1) is 0 Å². The van der Waals surface area contributed by atoms with E-state index in [9.17, 15) is 4.79 Å². The molecule has 1 unspecified atom stereocenters. The maximum Gasteiger partial charge on any atom is 0.422 e. The number of rotatable bonds is 5. The van der Waals surface area contributed by atoms with Crippen LogP contribution in [0.25, 0.3) is 0 Å². The number of hydrogen-bond acceptors (Lipinski definition) is 4. The van der Waals surface area contributed by atoms with Crippen molar-refractivity contribution in [1.29, 1.82) is 0 Å². The highest BCUT2D eigenvalue weighted by Crippen LogP contribution is 2.05. The zero-order valence-electron chi connectivity index (χ0n) is 11.3. The molecule has 0 aromatic carbocycles. The first kappa shape index (κ1) is 15.2. The van der Waals surface area contributed by atoms with E-state index in [2.05, 4.69) is 15.8 Å². The van der Waals surface area contributed by atoms with Crippen LogP contribution >= 0.6 is 0 Å². The largest absolute Gasteiger partial charge is 0.443 e. The van der Waals surface area contributed by atoms with Crippen molar-refractivity contribution in [2.75, 3.05) is 20.6 Å². The lowest BCUT2D eigenvalue weighted by molar-refractivity contribution is 0.0488. The number of ether oxygens (including phenoxy) is 1. The molecule has 0 aliphatic heterocycles. The normalized spacial score (nSPS) is 13.7. The van der Waals surface area contributed by atoms with Gasteiger partial charge < -0.3 is 9.64 Å². The van der Waals surface area contributed by atoms with Crippen molar-refractivity contribution in [3.05, 3.63) is 0 Å². The molecule has 1 amide bonds. The van der Waals surface area contributed by atoms with Gasteiger partial charge in [0.1, 0.15) is 5.60 Å². The van der Waals surface area contributed by atoms with Crippen molar-refractivity contribution in [1.82, 2.24) is 15.8 Å². The molecule has 0 spiro atoms. The Kier molecular flexibility index (Phi) is 6.36. The first-order valence-corrected chi connectivity index (χ1v) is 5.60. The summed E-state index contributed by atoms with van der Waals surface area (Å²) < 4.78 is 5.09. The summed E-state index contributed by atoms with van der Waals surface area (Å²) in [6.45, 7) is 8.50. The van der Waals surface area contributed by atoms with Gasteiger partial charge in [-0.25, -0.2) is 10.2 Å². The average Bonchev–Trinajstić information content (AvgIpc) is 2.08. The van der Waals surface area contributed by atoms with Gasteiger partial charge in [0.05, 0.1) is 0 Å². The average molecular weight is 231 g/mol. The molecule has 96 valence electrons. The van der Waals surface area contributed by atoms with E-state index in [0.29, 0.717) is 0 Å². The van der Waals surface area contributed by atoms with Crippen molar-refractivity contribution in [3.63, 3.8) is 0 Å². The van der Waals surface area contributed by atoms with Crippen LogP contribution in [-0.4, -0.2) is 43.3 Å². The minimum Gasteiger partial charge on any atom is -0.443 e. The van der Waals surface area contributed by atoms with Crippen molar-refractivity contribution in [2.45, 2.75) is 45.8 Å². The molecule has 0 bridgehead atoms. The van der Waals surface area contributed by atoms with E-state index in [1.54, 1.807) is 0 Å². The monoisotopic (exact) mass is 231 g/mol. The maximum absolute atomic E-state index is 11.3. The van der Waals surface area contributed by atoms with E-state index < -0.39 is 11.7 Å². The van der Waals surface area contributed by atoms with Gasteiger partial charge in [0.25, 0.3) is 0 Å². The van der Waals surface area contributed by atoms with E-state index in [4.69, 9.17) is 4.74 Å². The van der Waals surface area contributed by atoms with Crippen molar-refractivity contribution in [2.24, 2.45) is 0 Å². The fourth-order valence-corrected chi connectivity index (χ4v) is 1.01. The molecule has 0 aromatic rings. The Morgan fingerprint density at radius 3 is 2.38 bits per heavy atom. The van der Waals surface area contributed by atoms with Crippen molar-refractivity contribution >= 4 is 6.09 Å². The summed E-state index contributed by atoms with van der Waals surface area (Å²) in [6, 6.07) is 0.218. The summed E-state index contributed by atoms with van der Waals surface area (Å²) >= 11 is 0. The van der Waals surface area contributed by atoms with Crippen LogP contribution in [0.4, 0.5) is 4.79 Å². The Bertz CT molecular complexity index is 212. The molecule has 0 radical (unpaired) electrons. The number of carbonyl (C=O) groups excluding carboxylic acids is 1. The van der Waals surface area contributed by atoms with Crippen LogP contribution in [0.2, 0.25) is 0 Å². The number of nitrogens with zero attached hydrogens (tertiary/aromatic N) is 1. The van der Waals surface area contributed by atoms with Gasteiger partial charge in [-0.1, -0.05) is 0 Å². The molecule has 1 atom stereocenters. The topological polar surface area (TPSA) is 53.6 Å². The van der Waals surface area contributed by atoms with Crippen LogP contribution in [-0.2, 0) is 4.74 Å². The summed E-state index contributed by atoms with van der Waals surface area (Å²) in [6.07, 6.45) is 0.521. The van der Waals surface area contributed by atoms with Gasteiger partial charge in [0.2, 0.25) is 0 Å². The number of amides is 1. The summed E-state index contributed by atoms with van der Waals surface area (Å²) in [5, 5.41) is 0. The van der Waals surface area contributed by atoms with Crippen LogP contribution in [0.15, 0.2) is 0 Å². The summed E-state index contributed by atoms with van der Waals surface area (Å²) in [5.74, 6) is 0. The van der Waals surface area contributed by atoms with Crippen LogP contribution in [0.1, 0.15) is 34.1 Å². The van der Waals surface area contributed by atoms with Gasteiger partial charge in [-0.3, -0.25) is 5.43 Å². The SMILES string of the molecule is CC(CCN(C)C)NNC(=O)OC(C)(C)C. The summed E-state index contributed by atoms with van der Waals surface area (Å²) in [5.41, 5.74) is 4.98. The molecule has 0 aliphatic rings. The standard InChI is InChI=1S/C11H25N3O2/c1-9(7-8-14(5)6)12-13-10(15)16-11(2,3)4/h9,12H,7-8H2,1-6H3,(H,13,15). The predicted molar refractivity (Wildman–Crippen MR) is 65.1 cm³/mol. The van der Waals surface area contributed by atoms with Crippen LogP contribution in [0.5, 0.6) is 0 Å². The highest BCUT2D eigenvalue weighted by molar-refractivity contribution is 5.66. The third-order valence-corrected chi connectivity index (χ3v) is 1.83. The lowest BCUT2D eigenvalue weighted by Crippen LogP contribution is -2.46. The smallest absolute Gasteiger partial charge is 0.422 e. The number of hydrogen-bond donors (Lipinski definition) is 2. The number of carbonyl (C=O) groups is 1. The molecule has 2 N–H and O–H groups in total. The lowest BCUT2D eigenvalue weighted by atomic mass is 10.2. The Labute approximate surface area is 98.5 Å². The molecule has 0 aliphatic carbocycles. The lowest BCUT2D eigenvalue weighted by Gasteiger charge is -2.21. The van der Waals surface area contributed by atoms with Gasteiger partial charge in [-0.05, 0) is 54.8 Å². The van der Waals surface area contributed by atoms with E-state index in [1.165, 1.54) is 0 Å². The van der Waals surface area contributed by atoms with Crippen LogP contribution in [0.3, 0.4) is 0 Å². The summed E-state index contributed by atoms with van der Waals surface area (Å²) in [4.78, 5) is 13.4. The van der Waals surface area contributed by atoms with E-state index >= 15 is 0 Å². The second-order valence-corrected chi connectivity index (χ2v) is 5.26. The molecule has 0 saturated carbocycles. The van der Waals surface area contributed by atoms with Gasteiger partial charge >= 0.3 is 6.09 Å². The third-order valence-electron chi connectivity index (χ3n) is 1.83. The molecular weight excluding hydrogens is 206 g/mol. The van der Waals surface area contributed by atoms with E-state index in [1.807, 2.05) is 41.8 Å². The first-order valence-electron chi connectivity index (χ1n) is 5.60. The fourth-order valence-electron chi connectivity index (χ4n) is 1.01. The Morgan fingerprint density at radius 2 is 1.94 bits per heavy atom. The highest BCUT2D eigenvalue weighted by atomic mass is 16.6. The van der Waals surface area contributed by atoms with E-state index in [0.717, 1.165) is 13.0 Å². The van der Waals surface area contributed by atoms with Crippen molar-refractivity contribution < 1.29 is 9.53 Å². The quantitative estimate of drug-likeness (QED) is 0.701. The zero-order chi connectivity index (χ0) is 12.8. The number of hydrazine groups is 1. The zero-order valence-corrected chi connectivity index (χ0v) is 11.3. The Morgan fingerprint density at radius 1 is 1.38 bits per heavy atom. The molecule has 0 saturated heterocycles. The minimum atomic E-state index is -0.460. The van der Waals surface area contributed by atoms with Crippen molar-refractivity contribution in [3.8, 4) is 0 Å². The Balaban J connectivity index is 3.67. The molecule has 0 heterocycles. The Hall–Kier alpha value is -0.810. The molecule has 0 fully saturated rings. The molecule has 0 aromatic heterocycles. The maximum atomic E-state index is 11.3. The fraction of sp³-hybridized carbons (Fsp3) is 0.909. The molecule has 0 rings (SSSR count). The van der Waals surface area contributed by atoms with Crippen LogP contribution < -0.4 is 10.9 Å². The molecular formula is C11H25N3O2. The molecule has 5 heteroatoms. The predicted octanol–water partition coefficient (Wildman–Crippen LogP) is 1.36. The van der Waals surface area contributed by atoms with Crippen LogP contribution in [0, 0.1) is 0 Å².